The second-order valence-corrected chi connectivity index (χ2v) is 15.8. The number of aromatic nitrogens is 2. The minimum Gasteiger partial charge on any atom is -0.457 e. The minimum atomic E-state index is 0.00281. The predicted molar refractivity (Wildman–Crippen MR) is 226 cm³/mol. The number of hydrogen-bond acceptors (Lipinski definition) is 4. The molecule has 0 spiro atoms. The number of ether oxygens (including phenoxy) is 1. The molecule has 54 heavy (non-hydrogen) atoms. The first-order chi connectivity index (χ1) is 26.2. The third kappa shape index (κ3) is 5.04. The fourth-order valence-corrected chi connectivity index (χ4v) is 8.84. The van der Waals surface area contributed by atoms with Crippen LogP contribution in [0.1, 0.15) is 37.5 Å². The fourth-order valence-electron chi connectivity index (χ4n) is 8.84. The normalized spacial score (nSPS) is 13.5. The lowest BCUT2D eigenvalue weighted by Gasteiger charge is -2.34. The van der Waals surface area contributed by atoms with E-state index in [2.05, 4.69) is 189 Å². The van der Waals surface area contributed by atoms with Gasteiger partial charge in [-0.15, -0.1) is 0 Å². The molecule has 6 heteroatoms. The van der Waals surface area contributed by atoms with Crippen LogP contribution in [0.25, 0.3) is 27.6 Å². The number of anilines is 4. The molecule has 0 N–H and O–H groups in total. The van der Waals surface area contributed by atoms with Crippen molar-refractivity contribution in [3.05, 3.63) is 162 Å². The maximum Gasteiger partial charge on any atom is 0.247 e. The van der Waals surface area contributed by atoms with Crippen molar-refractivity contribution in [2.75, 3.05) is 16.5 Å². The van der Waals surface area contributed by atoms with Crippen molar-refractivity contribution in [3.8, 4) is 17.3 Å². The van der Waals surface area contributed by atoms with Gasteiger partial charge in [0.25, 0.3) is 0 Å². The first-order valence-electron chi connectivity index (χ1n) is 18.9. The Morgan fingerprint density at radius 3 is 2.15 bits per heavy atom. The Labute approximate surface area is 317 Å². The first-order valence-corrected chi connectivity index (χ1v) is 18.9. The summed E-state index contributed by atoms with van der Waals surface area (Å²) in [7, 11) is 0. The molecule has 0 atom stereocenters. The van der Waals surface area contributed by atoms with E-state index in [1.165, 1.54) is 66.6 Å². The molecule has 2 aromatic heterocycles. The summed E-state index contributed by atoms with van der Waals surface area (Å²) in [6.07, 6.45) is 1.93. The summed E-state index contributed by atoms with van der Waals surface area (Å²) in [6, 6.07) is 50.2. The van der Waals surface area contributed by atoms with Gasteiger partial charge in [0.05, 0.1) is 22.4 Å². The average molecular weight is 701 g/mol. The van der Waals surface area contributed by atoms with Gasteiger partial charge in [0.2, 0.25) is 6.71 Å². The van der Waals surface area contributed by atoms with E-state index in [0.717, 1.165) is 35.0 Å². The number of para-hydroxylation sites is 3. The zero-order valence-electron chi connectivity index (χ0n) is 31.3. The Morgan fingerprint density at radius 2 is 1.33 bits per heavy atom. The zero-order chi connectivity index (χ0) is 36.7. The Morgan fingerprint density at radius 1 is 0.611 bits per heavy atom. The highest BCUT2D eigenvalue weighted by atomic mass is 16.5. The summed E-state index contributed by atoms with van der Waals surface area (Å²) in [5.74, 6) is 2.50. The zero-order valence-corrected chi connectivity index (χ0v) is 31.3. The van der Waals surface area contributed by atoms with Crippen LogP contribution in [0.2, 0.25) is 0 Å². The first kappa shape index (κ1) is 32.4. The number of aryl methyl sites for hydroxylation is 2. The summed E-state index contributed by atoms with van der Waals surface area (Å²) >= 11 is 0. The molecule has 0 amide bonds. The number of rotatable bonds is 5. The van der Waals surface area contributed by atoms with Crippen molar-refractivity contribution in [3.63, 3.8) is 0 Å². The fraction of sp³-hybridized carbons (Fsp3) is 0.146. The molecule has 5 nitrogen and oxygen atoms in total. The third-order valence-electron chi connectivity index (χ3n) is 11.4. The highest BCUT2D eigenvalue weighted by Crippen LogP contribution is 2.46. The van der Waals surface area contributed by atoms with Gasteiger partial charge < -0.3 is 14.5 Å². The Hall–Kier alpha value is -6.27. The molecule has 6 aromatic carbocycles. The molecule has 0 fully saturated rings. The van der Waals surface area contributed by atoms with E-state index in [1.807, 2.05) is 6.20 Å². The average Bonchev–Trinajstić information content (AvgIpc) is 3.73. The lowest BCUT2D eigenvalue weighted by Crippen LogP contribution is -2.58. The Balaban J connectivity index is 1.11. The second-order valence-electron chi connectivity index (χ2n) is 15.8. The predicted octanol–water partition coefficient (Wildman–Crippen LogP) is 9.96. The summed E-state index contributed by atoms with van der Waals surface area (Å²) in [4.78, 5) is 9.80. The highest BCUT2D eigenvalue weighted by Gasteiger charge is 2.42. The van der Waals surface area contributed by atoms with E-state index in [0.29, 0.717) is 0 Å². The molecule has 262 valence electrons. The molecule has 0 saturated heterocycles. The maximum absolute atomic E-state index is 6.84. The molecule has 0 bridgehead atoms. The van der Waals surface area contributed by atoms with Crippen LogP contribution in [0, 0.1) is 13.8 Å². The van der Waals surface area contributed by atoms with E-state index in [4.69, 9.17) is 9.72 Å². The molecular formula is C48H41BN4O. The van der Waals surface area contributed by atoms with Crippen LogP contribution in [0.15, 0.2) is 146 Å². The van der Waals surface area contributed by atoms with Crippen LogP contribution < -0.4 is 30.9 Å². The SMILES string of the molecule is Cc1cccc(C)c1B1c2ccc(Oc3ccc4c5ccccc5n(-c5cc(C(C)(C)C)ccn5)c4c3)cc2N2CN(c3ccccc3)c3cccc1c32. The van der Waals surface area contributed by atoms with Gasteiger partial charge in [0, 0.05) is 40.5 Å². The molecule has 2 aliphatic heterocycles. The van der Waals surface area contributed by atoms with Gasteiger partial charge in [0.1, 0.15) is 24.0 Å². The van der Waals surface area contributed by atoms with Crippen molar-refractivity contribution < 1.29 is 4.74 Å². The molecule has 8 aromatic rings. The second kappa shape index (κ2) is 12.1. The van der Waals surface area contributed by atoms with Crippen LogP contribution in [0.3, 0.4) is 0 Å². The Kier molecular flexibility index (Phi) is 7.28. The highest BCUT2D eigenvalue weighted by molar-refractivity contribution is 6.98. The monoisotopic (exact) mass is 700 g/mol. The van der Waals surface area contributed by atoms with Crippen LogP contribution in [-0.4, -0.2) is 22.9 Å². The number of hydrogen-bond donors (Lipinski definition) is 0. The largest absolute Gasteiger partial charge is 0.457 e. The van der Waals surface area contributed by atoms with E-state index in [9.17, 15) is 0 Å². The van der Waals surface area contributed by atoms with E-state index >= 15 is 0 Å². The standard InChI is InChI=1S/C48H41BN4O/c1-31-13-11-14-32(2)46(31)49-39-24-22-36(29-44(39)52-30-51(34-15-7-6-8-16-34)42-20-12-18-40(49)47(42)52)54-35-21-23-38-37-17-9-10-19-41(37)53(43(38)28-35)45-27-33(25-26-50-45)48(3,4)5/h6-29H,30H2,1-5H3. The van der Waals surface area contributed by atoms with Gasteiger partial charge in [-0.2, -0.15) is 0 Å². The summed E-state index contributed by atoms with van der Waals surface area (Å²) in [6.45, 7) is 12.0. The number of benzene rings is 6. The van der Waals surface area contributed by atoms with E-state index < -0.39 is 0 Å². The lowest BCUT2D eigenvalue weighted by atomic mass is 9.34. The van der Waals surface area contributed by atoms with Crippen molar-refractivity contribution in [1.29, 1.82) is 0 Å². The summed E-state index contributed by atoms with van der Waals surface area (Å²) < 4.78 is 9.11. The van der Waals surface area contributed by atoms with Crippen LogP contribution >= 0.6 is 0 Å². The number of fused-ring (bicyclic) bond motifs is 5. The van der Waals surface area contributed by atoms with Gasteiger partial charge in [-0.1, -0.05) is 110 Å². The van der Waals surface area contributed by atoms with Crippen molar-refractivity contribution in [2.24, 2.45) is 0 Å². The number of pyridine rings is 1. The lowest BCUT2D eigenvalue weighted by molar-refractivity contribution is 0.483. The Bertz CT molecular complexity index is 2740. The molecule has 0 saturated carbocycles. The molecule has 0 radical (unpaired) electrons. The molecule has 2 aliphatic rings. The molecular weight excluding hydrogens is 659 g/mol. The summed E-state index contributed by atoms with van der Waals surface area (Å²) in [5, 5.41) is 2.37. The van der Waals surface area contributed by atoms with E-state index in [-0.39, 0.29) is 12.1 Å². The van der Waals surface area contributed by atoms with Gasteiger partial charge in [0.15, 0.2) is 0 Å². The minimum absolute atomic E-state index is 0.00281. The number of nitrogens with zero attached hydrogens (tertiary/aromatic N) is 4. The molecule has 10 rings (SSSR count). The topological polar surface area (TPSA) is 33.5 Å². The summed E-state index contributed by atoms with van der Waals surface area (Å²) in [5.41, 5.74) is 14.9. The van der Waals surface area contributed by atoms with Gasteiger partial charge in [-0.3, -0.25) is 4.57 Å². The van der Waals surface area contributed by atoms with Gasteiger partial charge in [-0.05, 0) is 90.3 Å². The molecule has 0 unspecified atom stereocenters. The quantitative estimate of drug-likeness (QED) is 0.168. The molecule has 0 aliphatic carbocycles. The van der Waals surface area contributed by atoms with Gasteiger partial charge >= 0.3 is 0 Å². The van der Waals surface area contributed by atoms with E-state index in [1.54, 1.807) is 0 Å². The van der Waals surface area contributed by atoms with Crippen LogP contribution in [0.4, 0.5) is 22.7 Å². The van der Waals surface area contributed by atoms with Crippen molar-refractivity contribution in [1.82, 2.24) is 9.55 Å². The maximum atomic E-state index is 6.84. The third-order valence-corrected chi connectivity index (χ3v) is 11.4. The van der Waals surface area contributed by atoms with Crippen molar-refractivity contribution >= 4 is 67.7 Å². The van der Waals surface area contributed by atoms with Crippen molar-refractivity contribution in [2.45, 2.75) is 40.0 Å². The molecule has 4 heterocycles. The van der Waals surface area contributed by atoms with Crippen LogP contribution in [-0.2, 0) is 5.41 Å². The van der Waals surface area contributed by atoms with Crippen LogP contribution in [0.5, 0.6) is 11.5 Å². The smallest absolute Gasteiger partial charge is 0.247 e. The van der Waals surface area contributed by atoms with Gasteiger partial charge in [-0.25, -0.2) is 4.98 Å².